The van der Waals surface area contributed by atoms with Crippen LogP contribution in [0.2, 0.25) is 0 Å². The average molecular weight is 428 g/mol. The Hall–Kier alpha value is -3.33. The van der Waals surface area contributed by atoms with Crippen LogP contribution in [0, 0.1) is 11.6 Å². The van der Waals surface area contributed by atoms with Crippen molar-refractivity contribution in [1.82, 2.24) is 14.9 Å². The van der Waals surface area contributed by atoms with Gasteiger partial charge < -0.3 is 19.5 Å². The van der Waals surface area contributed by atoms with E-state index in [0.717, 1.165) is 12.3 Å². The molecule has 3 aromatic rings. The SMILES string of the molecule is CCOC(=O)c1cn(-c2ccc(F)cn2)c2cc(N3CCNC(C)C3)c(F)cc2c1=O. The van der Waals surface area contributed by atoms with E-state index in [1.54, 1.807) is 13.0 Å². The maximum absolute atomic E-state index is 15.1. The summed E-state index contributed by atoms with van der Waals surface area (Å²) in [6.07, 6.45) is 2.34. The lowest BCUT2D eigenvalue weighted by Crippen LogP contribution is -2.49. The standard InChI is InChI=1S/C22H22F2N4O3/c1-3-31-22(30)16-12-28(20-5-4-14(23)10-26-20)18-9-19(17(24)8-15(18)21(16)29)27-7-6-25-13(2)11-27/h4-5,8-10,12-13,25H,3,6-7,11H2,1-2H3. The highest BCUT2D eigenvalue weighted by Crippen LogP contribution is 2.27. The largest absolute Gasteiger partial charge is 0.462 e. The highest BCUT2D eigenvalue weighted by atomic mass is 19.1. The molecule has 1 fully saturated rings. The lowest BCUT2D eigenvalue weighted by Gasteiger charge is -2.34. The van der Waals surface area contributed by atoms with Crippen molar-refractivity contribution < 1.29 is 18.3 Å². The summed E-state index contributed by atoms with van der Waals surface area (Å²) in [5.41, 5.74) is -0.172. The van der Waals surface area contributed by atoms with Gasteiger partial charge in [0.25, 0.3) is 0 Å². The lowest BCUT2D eigenvalue weighted by molar-refractivity contribution is 0.0524. The molecule has 7 nitrogen and oxygen atoms in total. The molecular formula is C22H22F2N4O3. The highest BCUT2D eigenvalue weighted by molar-refractivity contribution is 5.95. The molecule has 0 spiro atoms. The van der Waals surface area contributed by atoms with Crippen LogP contribution in [0.5, 0.6) is 0 Å². The van der Waals surface area contributed by atoms with Crippen LogP contribution in [0.4, 0.5) is 14.5 Å². The zero-order valence-corrected chi connectivity index (χ0v) is 17.2. The van der Waals surface area contributed by atoms with Crippen LogP contribution in [-0.4, -0.2) is 47.8 Å². The number of nitrogens with one attached hydrogen (secondary N) is 1. The van der Waals surface area contributed by atoms with Gasteiger partial charge in [0.2, 0.25) is 5.43 Å². The molecule has 0 amide bonds. The number of esters is 1. The third kappa shape index (κ3) is 4.00. The van der Waals surface area contributed by atoms with Crippen molar-refractivity contribution in [3.05, 3.63) is 64.1 Å². The molecule has 162 valence electrons. The summed E-state index contributed by atoms with van der Waals surface area (Å²) >= 11 is 0. The zero-order valence-electron chi connectivity index (χ0n) is 17.2. The van der Waals surface area contributed by atoms with Gasteiger partial charge in [-0.15, -0.1) is 0 Å². The number of carbonyl (C=O) groups excluding carboxylic acids is 1. The predicted molar refractivity (Wildman–Crippen MR) is 113 cm³/mol. The van der Waals surface area contributed by atoms with Crippen molar-refractivity contribution in [1.29, 1.82) is 0 Å². The first-order valence-electron chi connectivity index (χ1n) is 10.0. The van der Waals surface area contributed by atoms with E-state index in [0.29, 0.717) is 30.8 Å². The molecule has 1 aliphatic heterocycles. The highest BCUT2D eigenvalue weighted by Gasteiger charge is 2.23. The van der Waals surface area contributed by atoms with Crippen LogP contribution in [-0.2, 0) is 4.74 Å². The topological polar surface area (TPSA) is 76.5 Å². The van der Waals surface area contributed by atoms with Crippen LogP contribution >= 0.6 is 0 Å². The molecule has 4 rings (SSSR count). The summed E-state index contributed by atoms with van der Waals surface area (Å²) in [4.78, 5) is 31.3. The fraction of sp³-hybridized carbons (Fsp3) is 0.318. The summed E-state index contributed by atoms with van der Waals surface area (Å²) in [5, 5.41) is 3.32. The van der Waals surface area contributed by atoms with E-state index in [9.17, 15) is 14.0 Å². The van der Waals surface area contributed by atoms with Gasteiger partial charge in [-0.05, 0) is 38.1 Å². The molecule has 3 heterocycles. The first kappa shape index (κ1) is 20.9. The summed E-state index contributed by atoms with van der Waals surface area (Å²) in [6.45, 7) is 5.62. The maximum atomic E-state index is 15.1. The predicted octanol–water partition coefficient (Wildman–Crippen LogP) is 2.64. The molecule has 1 N–H and O–H groups in total. The van der Waals surface area contributed by atoms with Crippen molar-refractivity contribution in [3.8, 4) is 5.82 Å². The molecule has 1 atom stereocenters. The minimum atomic E-state index is -0.814. The van der Waals surface area contributed by atoms with Crippen LogP contribution in [0.15, 0.2) is 41.5 Å². The third-order valence-electron chi connectivity index (χ3n) is 5.24. The van der Waals surface area contributed by atoms with E-state index in [-0.39, 0.29) is 29.4 Å². The van der Waals surface area contributed by atoms with Gasteiger partial charge in [0.1, 0.15) is 23.0 Å². The normalized spacial score (nSPS) is 16.5. The Morgan fingerprint density at radius 1 is 1.32 bits per heavy atom. The molecule has 1 aliphatic rings. The van der Waals surface area contributed by atoms with Gasteiger partial charge in [-0.25, -0.2) is 18.6 Å². The van der Waals surface area contributed by atoms with Crippen molar-refractivity contribution in [2.75, 3.05) is 31.1 Å². The fourth-order valence-electron chi connectivity index (χ4n) is 3.78. The Balaban J connectivity index is 1.97. The number of rotatable bonds is 4. The van der Waals surface area contributed by atoms with Crippen molar-refractivity contribution in [2.45, 2.75) is 19.9 Å². The summed E-state index contributed by atoms with van der Waals surface area (Å²) < 4.78 is 35.0. The fourth-order valence-corrected chi connectivity index (χ4v) is 3.78. The lowest BCUT2D eigenvalue weighted by atomic mass is 10.1. The van der Waals surface area contributed by atoms with Gasteiger partial charge in [-0.1, -0.05) is 0 Å². The van der Waals surface area contributed by atoms with Crippen molar-refractivity contribution in [2.24, 2.45) is 0 Å². The van der Waals surface area contributed by atoms with E-state index >= 15 is 4.39 Å². The summed E-state index contributed by atoms with van der Waals surface area (Å²) in [6, 6.07) is 5.53. The van der Waals surface area contributed by atoms with Crippen LogP contribution in [0.1, 0.15) is 24.2 Å². The van der Waals surface area contributed by atoms with Crippen molar-refractivity contribution in [3.63, 3.8) is 0 Å². The summed E-state index contributed by atoms with van der Waals surface area (Å²) in [7, 11) is 0. The number of piperazine rings is 1. The molecule has 0 bridgehead atoms. The Labute approximate surface area is 177 Å². The number of ether oxygens (including phenoxy) is 1. The molecule has 1 unspecified atom stereocenters. The Morgan fingerprint density at radius 2 is 2.13 bits per heavy atom. The molecule has 0 radical (unpaired) electrons. The third-order valence-corrected chi connectivity index (χ3v) is 5.24. The second-order valence-electron chi connectivity index (χ2n) is 7.42. The van der Waals surface area contributed by atoms with E-state index in [1.807, 2.05) is 11.8 Å². The molecule has 1 saturated heterocycles. The first-order valence-corrected chi connectivity index (χ1v) is 10.0. The molecule has 2 aromatic heterocycles. The number of anilines is 1. The number of benzene rings is 1. The molecular weight excluding hydrogens is 406 g/mol. The van der Waals surface area contributed by atoms with Crippen LogP contribution in [0.3, 0.4) is 0 Å². The van der Waals surface area contributed by atoms with Crippen molar-refractivity contribution >= 4 is 22.6 Å². The number of fused-ring (bicyclic) bond motifs is 1. The van der Waals surface area contributed by atoms with E-state index in [1.165, 1.54) is 22.9 Å². The second-order valence-corrected chi connectivity index (χ2v) is 7.42. The Kier molecular flexibility index (Phi) is 5.69. The number of hydrogen-bond acceptors (Lipinski definition) is 6. The number of aromatic nitrogens is 2. The van der Waals surface area contributed by atoms with Gasteiger partial charge in [0.05, 0.1) is 29.4 Å². The minimum absolute atomic E-state index is 0.0149. The van der Waals surface area contributed by atoms with E-state index in [2.05, 4.69) is 10.3 Å². The van der Waals surface area contributed by atoms with Gasteiger partial charge in [-0.2, -0.15) is 0 Å². The maximum Gasteiger partial charge on any atom is 0.343 e. The quantitative estimate of drug-likeness (QED) is 0.644. The van der Waals surface area contributed by atoms with Gasteiger partial charge in [0, 0.05) is 31.9 Å². The zero-order chi connectivity index (χ0) is 22.1. The molecule has 1 aromatic carbocycles. The Bertz CT molecular complexity index is 1190. The van der Waals surface area contributed by atoms with Gasteiger partial charge in [-0.3, -0.25) is 4.79 Å². The smallest absolute Gasteiger partial charge is 0.343 e. The molecule has 0 aliphatic carbocycles. The average Bonchev–Trinajstić information content (AvgIpc) is 2.75. The monoisotopic (exact) mass is 428 g/mol. The van der Waals surface area contributed by atoms with Gasteiger partial charge in [0.15, 0.2) is 0 Å². The van der Waals surface area contributed by atoms with E-state index in [4.69, 9.17) is 4.74 Å². The van der Waals surface area contributed by atoms with Gasteiger partial charge >= 0.3 is 5.97 Å². The number of nitrogens with zero attached hydrogens (tertiary/aromatic N) is 3. The van der Waals surface area contributed by atoms with E-state index < -0.39 is 23.0 Å². The van der Waals surface area contributed by atoms with Crippen LogP contribution in [0.25, 0.3) is 16.7 Å². The molecule has 0 saturated carbocycles. The molecule has 9 heteroatoms. The second kappa shape index (κ2) is 8.43. The summed E-state index contributed by atoms with van der Waals surface area (Å²) in [5.74, 6) is -1.62. The number of hydrogen-bond donors (Lipinski definition) is 1. The Morgan fingerprint density at radius 3 is 2.81 bits per heavy atom. The first-order chi connectivity index (χ1) is 14.9. The number of pyridine rings is 2. The molecule has 31 heavy (non-hydrogen) atoms. The minimum Gasteiger partial charge on any atom is -0.462 e. The number of carbonyl (C=O) groups is 1. The van der Waals surface area contributed by atoms with Crippen LogP contribution < -0.4 is 15.6 Å². The number of halogens is 2.